The van der Waals surface area contributed by atoms with E-state index in [0.717, 1.165) is 12.5 Å². The van der Waals surface area contributed by atoms with Crippen LogP contribution in [0.3, 0.4) is 0 Å². The Morgan fingerprint density at radius 2 is 1.92 bits per heavy atom. The van der Waals surface area contributed by atoms with Crippen molar-refractivity contribution in [2.75, 3.05) is 14.2 Å². The lowest BCUT2D eigenvalue weighted by molar-refractivity contribution is 0.247. The third-order valence-corrected chi connectivity index (χ3v) is 5.04. The van der Waals surface area contributed by atoms with Crippen molar-refractivity contribution in [3.63, 3.8) is 0 Å². The summed E-state index contributed by atoms with van der Waals surface area (Å²) in [6.45, 7) is 3.93. The van der Waals surface area contributed by atoms with Gasteiger partial charge in [0.1, 0.15) is 0 Å². The molecule has 0 saturated carbocycles. The smallest absolute Gasteiger partial charge is 0.334 e. The molecule has 1 atom stereocenters. The van der Waals surface area contributed by atoms with Crippen LogP contribution in [0.2, 0.25) is 12.6 Å². The number of hydrogen-bond donors (Lipinski definition) is 0. The standard InChI is InChI=1S/C8H17NO2Si/c1-8(7-9)5-6-12(4,10-2)11-3/h8H,5-6H2,1-4H3/t8-/m1/s1. The molecule has 3 nitrogen and oxygen atoms in total. The summed E-state index contributed by atoms with van der Waals surface area (Å²) in [5.41, 5.74) is 0. The Bertz CT molecular complexity index is 163. The Balaban J connectivity index is 3.82. The molecule has 0 saturated heterocycles. The van der Waals surface area contributed by atoms with Gasteiger partial charge in [-0.2, -0.15) is 5.26 Å². The maximum atomic E-state index is 8.56. The first-order valence-electron chi connectivity index (χ1n) is 4.08. The molecule has 4 heteroatoms. The number of rotatable bonds is 5. The lowest BCUT2D eigenvalue weighted by atomic mass is 10.1. The van der Waals surface area contributed by atoms with Gasteiger partial charge in [-0.05, 0) is 25.9 Å². The minimum Gasteiger partial charge on any atom is -0.398 e. The van der Waals surface area contributed by atoms with Gasteiger partial charge in [0.25, 0.3) is 0 Å². The van der Waals surface area contributed by atoms with Crippen molar-refractivity contribution in [1.82, 2.24) is 0 Å². The molecule has 0 heterocycles. The molecule has 0 fully saturated rings. The van der Waals surface area contributed by atoms with Crippen LogP contribution in [-0.4, -0.2) is 22.8 Å². The SMILES string of the molecule is CO[Si](C)(CC[C@@H](C)C#N)OC. The van der Waals surface area contributed by atoms with E-state index in [4.69, 9.17) is 14.1 Å². The van der Waals surface area contributed by atoms with Gasteiger partial charge in [-0.25, -0.2) is 0 Å². The zero-order valence-corrected chi connectivity index (χ0v) is 9.26. The van der Waals surface area contributed by atoms with Gasteiger partial charge in [0, 0.05) is 20.1 Å². The highest BCUT2D eigenvalue weighted by Crippen LogP contribution is 2.17. The van der Waals surface area contributed by atoms with Gasteiger partial charge in [-0.1, -0.05) is 0 Å². The number of nitriles is 1. The summed E-state index contributed by atoms with van der Waals surface area (Å²) in [7, 11) is 1.42. The molecule has 70 valence electrons. The van der Waals surface area contributed by atoms with Crippen molar-refractivity contribution in [2.24, 2.45) is 5.92 Å². The lowest BCUT2D eigenvalue weighted by Crippen LogP contribution is -2.36. The van der Waals surface area contributed by atoms with Crippen molar-refractivity contribution in [2.45, 2.75) is 25.9 Å². The maximum Gasteiger partial charge on any atom is 0.334 e. The minimum absolute atomic E-state index is 0.0992. The minimum atomic E-state index is -1.93. The first kappa shape index (κ1) is 11.6. The predicted molar refractivity (Wildman–Crippen MR) is 49.8 cm³/mol. The quantitative estimate of drug-likeness (QED) is 0.617. The van der Waals surface area contributed by atoms with Gasteiger partial charge in [-0.3, -0.25) is 0 Å². The topological polar surface area (TPSA) is 42.2 Å². The second-order valence-corrected chi connectivity index (χ2v) is 6.69. The molecule has 12 heavy (non-hydrogen) atoms. The van der Waals surface area contributed by atoms with Crippen LogP contribution in [0.5, 0.6) is 0 Å². The van der Waals surface area contributed by atoms with Gasteiger partial charge in [0.05, 0.1) is 6.07 Å². The first-order valence-corrected chi connectivity index (χ1v) is 6.60. The number of hydrogen-bond acceptors (Lipinski definition) is 3. The van der Waals surface area contributed by atoms with Gasteiger partial charge in [0.2, 0.25) is 0 Å². The van der Waals surface area contributed by atoms with Crippen LogP contribution in [-0.2, 0) is 8.85 Å². The van der Waals surface area contributed by atoms with E-state index < -0.39 is 8.56 Å². The summed E-state index contributed by atoms with van der Waals surface area (Å²) in [4.78, 5) is 0. The van der Waals surface area contributed by atoms with Gasteiger partial charge >= 0.3 is 8.56 Å². The molecule has 0 unspecified atom stereocenters. The second kappa shape index (κ2) is 5.30. The van der Waals surface area contributed by atoms with E-state index in [-0.39, 0.29) is 5.92 Å². The highest BCUT2D eigenvalue weighted by atomic mass is 28.4. The number of nitrogens with zero attached hydrogens (tertiary/aromatic N) is 1. The molecule has 0 aliphatic heterocycles. The molecular weight excluding hydrogens is 170 g/mol. The molecule has 0 aromatic carbocycles. The van der Waals surface area contributed by atoms with E-state index in [1.807, 2.05) is 13.5 Å². The van der Waals surface area contributed by atoms with Gasteiger partial charge < -0.3 is 8.85 Å². The summed E-state index contributed by atoms with van der Waals surface area (Å²) >= 11 is 0. The fourth-order valence-corrected chi connectivity index (χ4v) is 2.36. The predicted octanol–water partition coefficient (Wildman–Crippen LogP) is 1.90. The Morgan fingerprint density at radius 1 is 1.42 bits per heavy atom. The van der Waals surface area contributed by atoms with Gasteiger partial charge in [-0.15, -0.1) is 0 Å². The van der Waals surface area contributed by atoms with E-state index >= 15 is 0 Å². The summed E-state index contributed by atoms with van der Waals surface area (Å²) in [5.74, 6) is 0.0992. The van der Waals surface area contributed by atoms with Crippen LogP contribution in [0.15, 0.2) is 0 Å². The van der Waals surface area contributed by atoms with Crippen molar-refractivity contribution >= 4 is 8.56 Å². The van der Waals surface area contributed by atoms with Crippen molar-refractivity contribution < 1.29 is 8.85 Å². The largest absolute Gasteiger partial charge is 0.398 e. The van der Waals surface area contributed by atoms with Crippen molar-refractivity contribution in [1.29, 1.82) is 5.26 Å². The summed E-state index contributed by atoms with van der Waals surface area (Å²) in [6.07, 6.45) is 0.862. The molecule has 0 rings (SSSR count). The molecule has 0 amide bonds. The highest BCUT2D eigenvalue weighted by molar-refractivity contribution is 6.65. The Hall–Kier alpha value is -0.373. The van der Waals surface area contributed by atoms with Crippen LogP contribution in [0.4, 0.5) is 0 Å². The third kappa shape index (κ3) is 3.86. The fraction of sp³-hybridized carbons (Fsp3) is 0.875. The summed E-state index contributed by atoms with van der Waals surface area (Å²) in [6, 6.07) is 3.08. The van der Waals surface area contributed by atoms with Crippen LogP contribution >= 0.6 is 0 Å². The molecular formula is C8H17NO2Si. The van der Waals surface area contributed by atoms with Crippen molar-refractivity contribution in [3.05, 3.63) is 0 Å². The molecule has 0 aromatic heterocycles. The Labute approximate surface area is 75.5 Å². The summed E-state index contributed by atoms with van der Waals surface area (Å²) < 4.78 is 10.6. The maximum absolute atomic E-state index is 8.56. The first-order chi connectivity index (χ1) is 5.58. The normalized spacial score (nSPS) is 13.9. The average molecular weight is 187 g/mol. The zero-order valence-electron chi connectivity index (χ0n) is 8.26. The van der Waals surface area contributed by atoms with Crippen LogP contribution in [0.1, 0.15) is 13.3 Å². The van der Waals surface area contributed by atoms with E-state index in [9.17, 15) is 0 Å². The molecule has 0 aliphatic carbocycles. The van der Waals surface area contributed by atoms with E-state index in [1.54, 1.807) is 14.2 Å². The molecule has 0 bridgehead atoms. The molecule has 0 N–H and O–H groups in total. The molecule has 0 aliphatic rings. The Morgan fingerprint density at radius 3 is 2.25 bits per heavy atom. The third-order valence-electron chi connectivity index (χ3n) is 2.12. The lowest BCUT2D eigenvalue weighted by Gasteiger charge is -2.22. The Kier molecular flexibility index (Phi) is 5.14. The van der Waals surface area contributed by atoms with Crippen LogP contribution < -0.4 is 0 Å². The molecule has 0 radical (unpaired) electrons. The van der Waals surface area contributed by atoms with E-state index in [0.29, 0.717) is 0 Å². The highest BCUT2D eigenvalue weighted by Gasteiger charge is 2.28. The molecule has 0 aromatic rings. The zero-order chi connectivity index (χ0) is 9.61. The summed E-state index contributed by atoms with van der Waals surface area (Å²) in [5, 5.41) is 8.56. The van der Waals surface area contributed by atoms with E-state index in [2.05, 4.69) is 6.07 Å². The van der Waals surface area contributed by atoms with Crippen LogP contribution in [0, 0.1) is 17.2 Å². The molecule has 0 spiro atoms. The second-order valence-electron chi connectivity index (χ2n) is 3.11. The van der Waals surface area contributed by atoms with E-state index in [1.165, 1.54) is 0 Å². The fourth-order valence-electron chi connectivity index (χ4n) is 0.831. The monoisotopic (exact) mass is 187 g/mol. The van der Waals surface area contributed by atoms with Crippen LogP contribution in [0.25, 0.3) is 0 Å². The van der Waals surface area contributed by atoms with Crippen molar-refractivity contribution in [3.8, 4) is 6.07 Å². The van der Waals surface area contributed by atoms with Gasteiger partial charge in [0.15, 0.2) is 0 Å². The average Bonchev–Trinajstić information content (AvgIpc) is 2.13.